The maximum atomic E-state index is 8.83. The van der Waals surface area contributed by atoms with Crippen LogP contribution in [0.4, 0.5) is 0 Å². The maximum Gasteiger partial charge on any atom is 0.106 e. The second-order valence-corrected chi connectivity index (χ2v) is 3.00. The van der Waals surface area contributed by atoms with Crippen LogP contribution in [0.2, 0.25) is 0 Å². The summed E-state index contributed by atoms with van der Waals surface area (Å²) in [5, 5.41) is 11.9. The van der Waals surface area contributed by atoms with Crippen LogP contribution >= 0.6 is 0 Å². The maximum absolute atomic E-state index is 8.83. The average Bonchev–Trinajstić information content (AvgIpc) is 2.35. The van der Waals surface area contributed by atoms with E-state index in [0.717, 1.165) is 12.8 Å². The van der Waals surface area contributed by atoms with E-state index < -0.39 is 0 Å². The molecule has 14 heavy (non-hydrogen) atoms. The molecule has 0 heterocycles. The van der Waals surface area contributed by atoms with E-state index in [9.17, 15) is 0 Å². The van der Waals surface area contributed by atoms with Gasteiger partial charge in [-0.3, -0.25) is 0 Å². The normalized spacial score (nSPS) is 17.7. The lowest BCUT2D eigenvalue weighted by Crippen LogP contribution is -2.42. The molecular formula is C12H26N2. The fraction of sp³-hybridized carbons (Fsp3) is 0.917. The first-order valence-corrected chi connectivity index (χ1v) is 5.93. The van der Waals surface area contributed by atoms with Crippen molar-refractivity contribution in [2.75, 3.05) is 7.05 Å². The summed E-state index contributed by atoms with van der Waals surface area (Å²) in [5.41, 5.74) is -0.182. The highest BCUT2D eigenvalue weighted by atomic mass is 14.9. The van der Waals surface area contributed by atoms with Gasteiger partial charge in [0.2, 0.25) is 0 Å². The minimum atomic E-state index is -0.182. The summed E-state index contributed by atoms with van der Waals surface area (Å²) in [4.78, 5) is 0. The fourth-order valence-electron chi connectivity index (χ4n) is 1.57. The number of nitrogens with one attached hydrogen (secondary N) is 1. The van der Waals surface area contributed by atoms with E-state index in [-0.39, 0.29) is 5.54 Å². The van der Waals surface area contributed by atoms with Crippen LogP contribution in [0.1, 0.15) is 59.8 Å². The summed E-state index contributed by atoms with van der Waals surface area (Å²) in [6.07, 6.45) is 5.76. The fourth-order valence-corrected chi connectivity index (χ4v) is 1.57. The Bertz CT molecular complexity index is 141. The van der Waals surface area contributed by atoms with Crippen molar-refractivity contribution in [3.05, 3.63) is 0 Å². The Morgan fingerprint density at radius 3 is 1.64 bits per heavy atom. The van der Waals surface area contributed by atoms with Gasteiger partial charge in [-0.2, -0.15) is 5.26 Å². The summed E-state index contributed by atoms with van der Waals surface area (Å²) >= 11 is 0. The molecule has 0 aromatic rings. The lowest BCUT2D eigenvalue weighted by Gasteiger charge is -2.29. The first-order valence-electron chi connectivity index (χ1n) is 5.93. The van der Waals surface area contributed by atoms with Gasteiger partial charge in [-0.1, -0.05) is 47.0 Å². The molecule has 2 heteroatoms. The summed E-state index contributed by atoms with van der Waals surface area (Å²) in [6, 6.07) is 2.36. The molecule has 0 amide bonds. The Kier molecular flexibility index (Phi) is 12.0. The number of hydrogen-bond acceptors (Lipinski definition) is 2. The molecule has 2 nitrogen and oxygen atoms in total. The quantitative estimate of drug-likeness (QED) is 0.700. The van der Waals surface area contributed by atoms with Crippen molar-refractivity contribution in [3.63, 3.8) is 0 Å². The van der Waals surface area contributed by atoms with Crippen LogP contribution in [-0.4, -0.2) is 12.6 Å². The molecule has 0 aliphatic heterocycles. The highest BCUT2D eigenvalue weighted by Gasteiger charge is 2.29. The van der Waals surface area contributed by atoms with Crippen molar-refractivity contribution in [2.24, 2.45) is 0 Å². The second-order valence-electron chi connectivity index (χ2n) is 3.00. The molecule has 0 radical (unpaired) electrons. The van der Waals surface area contributed by atoms with Gasteiger partial charge in [0.1, 0.15) is 5.54 Å². The highest BCUT2D eigenvalue weighted by molar-refractivity contribution is 5.07. The van der Waals surface area contributed by atoms with Crippen LogP contribution < -0.4 is 5.32 Å². The smallest absolute Gasteiger partial charge is 0.106 e. The summed E-state index contributed by atoms with van der Waals surface area (Å²) in [7, 11) is 1.88. The minimum absolute atomic E-state index is 0.182. The molecule has 0 saturated heterocycles. The third-order valence-electron chi connectivity index (χ3n) is 2.40. The second kappa shape index (κ2) is 10.5. The third-order valence-corrected chi connectivity index (χ3v) is 2.40. The number of nitrogens with zero attached hydrogens (tertiary/aromatic N) is 1. The number of rotatable bonds is 1. The Morgan fingerprint density at radius 1 is 1.00 bits per heavy atom. The molecule has 0 unspecified atom stereocenters. The van der Waals surface area contributed by atoms with Crippen molar-refractivity contribution in [1.82, 2.24) is 5.32 Å². The molecule has 1 saturated carbocycles. The monoisotopic (exact) mass is 198 g/mol. The van der Waals surface area contributed by atoms with Crippen molar-refractivity contribution in [2.45, 2.75) is 65.3 Å². The molecule has 1 rings (SSSR count). The molecule has 1 aliphatic carbocycles. The van der Waals surface area contributed by atoms with Crippen LogP contribution in [0.5, 0.6) is 0 Å². The highest BCUT2D eigenvalue weighted by Crippen LogP contribution is 2.26. The Hall–Kier alpha value is -0.550. The van der Waals surface area contributed by atoms with Gasteiger partial charge in [-0.05, 0) is 19.9 Å². The molecule has 1 N–H and O–H groups in total. The minimum Gasteiger partial charge on any atom is -0.302 e. The van der Waals surface area contributed by atoms with Gasteiger partial charge in [0.15, 0.2) is 0 Å². The Labute approximate surface area is 89.7 Å². The van der Waals surface area contributed by atoms with Gasteiger partial charge >= 0.3 is 0 Å². The summed E-state index contributed by atoms with van der Waals surface area (Å²) in [5.74, 6) is 0. The van der Waals surface area contributed by atoms with Gasteiger partial charge < -0.3 is 5.32 Å². The predicted octanol–water partition coefficient (Wildman–Crippen LogP) is 3.48. The summed E-state index contributed by atoms with van der Waals surface area (Å²) in [6.45, 7) is 8.00. The van der Waals surface area contributed by atoms with E-state index in [0.29, 0.717) is 0 Å². The van der Waals surface area contributed by atoms with E-state index in [4.69, 9.17) is 5.26 Å². The SMILES string of the molecule is CC.CC.CNC1(C#N)CCCCC1. The van der Waals surface area contributed by atoms with Gasteiger partial charge in [-0.25, -0.2) is 0 Å². The summed E-state index contributed by atoms with van der Waals surface area (Å²) < 4.78 is 0. The topological polar surface area (TPSA) is 35.8 Å². The van der Waals surface area contributed by atoms with Crippen LogP contribution in [0.15, 0.2) is 0 Å². The van der Waals surface area contributed by atoms with E-state index in [1.54, 1.807) is 0 Å². The van der Waals surface area contributed by atoms with Crippen molar-refractivity contribution in [3.8, 4) is 6.07 Å². The number of hydrogen-bond donors (Lipinski definition) is 1. The van der Waals surface area contributed by atoms with E-state index in [1.165, 1.54) is 19.3 Å². The lowest BCUT2D eigenvalue weighted by molar-refractivity contribution is 0.316. The van der Waals surface area contributed by atoms with Gasteiger partial charge in [0.05, 0.1) is 6.07 Å². The van der Waals surface area contributed by atoms with Crippen molar-refractivity contribution in [1.29, 1.82) is 5.26 Å². The van der Waals surface area contributed by atoms with Gasteiger partial charge in [-0.15, -0.1) is 0 Å². The zero-order chi connectivity index (χ0) is 11.4. The largest absolute Gasteiger partial charge is 0.302 e. The Balaban J connectivity index is 0. The molecule has 0 atom stereocenters. The van der Waals surface area contributed by atoms with Crippen LogP contribution in [0, 0.1) is 11.3 Å². The van der Waals surface area contributed by atoms with Gasteiger partial charge in [0, 0.05) is 0 Å². The molecule has 0 bridgehead atoms. The number of nitriles is 1. The van der Waals surface area contributed by atoms with E-state index in [2.05, 4.69) is 11.4 Å². The first kappa shape index (κ1) is 15.9. The van der Waals surface area contributed by atoms with Crippen LogP contribution in [-0.2, 0) is 0 Å². The molecule has 0 aromatic heterocycles. The standard InChI is InChI=1S/C8H14N2.2C2H6/c1-10-8(7-9)5-3-2-4-6-8;2*1-2/h10H,2-6H2,1H3;2*1-2H3. The predicted molar refractivity (Wildman–Crippen MR) is 63.2 cm³/mol. The molecule has 1 aliphatic rings. The van der Waals surface area contributed by atoms with Gasteiger partial charge in [0.25, 0.3) is 0 Å². The zero-order valence-corrected chi connectivity index (χ0v) is 10.5. The van der Waals surface area contributed by atoms with Crippen LogP contribution in [0.25, 0.3) is 0 Å². The van der Waals surface area contributed by atoms with Crippen molar-refractivity contribution < 1.29 is 0 Å². The molecule has 0 aromatic carbocycles. The van der Waals surface area contributed by atoms with E-state index in [1.807, 2.05) is 34.7 Å². The molecule has 1 fully saturated rings. The third kappa shape index (κ3) is 5.24. The van der Waals surface area contributed by atoms with Crippen molar-refractivity contribution >= 4 is 0 Å². The molecule has 84 valence electrons. The lowest BCUT2D eigenvalue weighted by atomic mass is 9.83. The van der Waals surface area contributed by atoms with E-state index >= 15 is 0 Å². The van der Waals surface area contributed by atoms with Crippen LogP contribution in [0.3, 0.4) is 0 Å². The zero-order valence-electron chi connectivity index (χ0n) is 10.5. The first-order chi connectivity index (χ1) is 6.83. The molecular weight excluding hydrogens is 172 g/mol. The average molecular weight is 198 g/mol. The Morgan fingerprint density at radius 2 is 1.43 bits per heavy atom. The molecule has 0 spiro atoms.